The Balaban J connectivity index is 1.79. The molecular formula is C17H20FN3. The van der Waals surface area contributed by atoms with Crippen LogP contribution in [0.3, 0.4) is 0 Å². The molecule has 0 radical (unpaired) electrons. The highest BCUT2D eigenvalue weighted by Gasteiger charge is 2.26. The monoisotopic (exact) mass is 285 g/mol. The lowest BCUT2D eigenvalue weighted by Gasteiger charge is -2.24. The number of halogens is 1. The Morgan fingerprint density at radius 3 is 2.90 bits per heavy atom. The molecule has 2 heterocycles. The van der Waals surface area contributed by atoms with Gasteiger partial charge in [0.2, 0.25) is 0 Å². The van der Waals surface area contributed by atoms with Crippen LogP contribution in [0.2, 0.25) is 0 Å². The van der Waals surface area contributed by atoms with Crippen LogP contribution in [0.4, 0.5) is 4.39 Å². The molecule has 1 aliphatic heterocycles. The Morgan fingerprint density at radius 1 is 1.29 bits per heavy atom. The fourth-order valence-corrected chi connectivity index (χ4v) is 3.13. The van der Waals surface area contributed by atoms with Gasteiger partial charge in [-0.05, 0) is 54.3 Å². The van der Waals surface area contributed by atoms with Gasteiger partial charge in [-0.1, -0.05) is 12.1 Å². The van der Waals surface area contributed by atoms with Crippen LogP contribution in [-0.4, -0.2) is 16.4 Å². The fourth-order valence-electron chi connectivity index (χ4n) is 3.13. The summed E-state index contributed by atoms with van der Waals surface area (Å²) in [6.45, 7) is 2.16. The minimum atomic E-state index is -0.204. The second-order valence-corrected chi connectivity index (χ2v) is 5.59. The average molecular weight is 285 g/mol. The molecule has 0 amide bonds. The van der Waals surface area contributed by atoms with E-state index >= 15 is 0 Å². The quantitative estimate of drug-likeness (QED) is 0.939. The number of hydrogen-bond donors (Lipinski definition) is 1. The number of aromatic nitrogens is 1. The Kier molecular flexibility index (Phi) is 4.27. The lowest BCUT2D eigenvalue weighted by atomic mass is 10.1. The number of nitrogens with two attached hydrogens (primary N) is 1. The Labute approximate surface area is 124 Å². The second-order valence-electron chi connectivity index (χ2n) is 5.59. The molecule has 21 heavy (non-hydrogen) atoms. The topological polar surface area (TPSA) is 42.1 Å². The van der Waals surface area contributed by atoms with E-state index < -0.39 is 0 Å². The molecule has 1 unspecified atom stereocenters. The van der Waals surface area contributed by atoms with E-state index in [1.165, 1.54) is 18.1 Å². The van der Waals surface area contributed by atoms with Crippen LogP contribution in [-0.2, 0) is 13.1 Å². The van der Waals surface area contributed by atoms with Crippen molar-refractivity contribution in [2.75, 3.05) is 6.54 Å². The molecule has 110 valence electrons. The lowest BCUT2D eigenvalue weighted by Crippen LogP contribution is -2.23. The summed E-state index contributed by atoms with van der Waals surface area (Å²) in [6, 6.07) is 9.59. The fraction of sp³-hybridized carbons (Fsp3) is 0.353. The van der Waals surface area contributed by atoms with Gasteiger partial charge in [0.15, 0.2) is 0 Å². The van der Waals surface area contributed by atoms with Crippen molar-refractivity contribution >= 4 is 0 Å². The van der Waals surface area contributed by atoms with Crippen LogP contribution in [0.1, 0.15) is 35.6 Å². The third-order valence-corrected chi connectivity index (χ3v) is 4.07. The molecule has 3 rings (SSSR count). The molecular weight excluding hydrogens is 265 g/mol. The Morgan fingerprint density at radius 2 is 2.14 bits per heavy atom. The summed E-state index contributed by atoms with van der Waals surface area (Å²) in [5.74, 6) is -0.204. The van der Waals surface area contributed by atoms with Crippen molar-refractivity contribution in [3.05, 3.63) is 65.2 Å². The predicted molar refractivity (Wildman–Crippen MR) is 80.9 cm³/mol. The van der Waals surface area contributed by atoms with E-state index in [1.807, 2.05) is 18.3 Å². The van der Waals surface area contributed by atoms with Crippen LogP contribution >= 0.6 is 0 Å². The van der Waals surface area contributed by atoms with Crippen molar-refractivity contribution in [2.45, 2.75) is 32.0 Å². The van der Waals surface area contributed by atoms with E-state index in [9.17, 15) is 4.39 Å². The van der Waals surface area contributed by atoms with Crippen molar-refractivity contribution in [3.63, 3.8) is 0 Å². The van der Waals surface area contributed by atoms with Crippen LogP contribution < -0.4 is 5.73 Å². The highest BCUT2D eigenvalue weighted by atomic mass is 19.1. The largest absolute Gasteiger partial charge is 0.326 e. The number of likely N-dealkylation sites (tertiary alicyclic amines) is 1. The molecule has 0 bridgehead atoms. The van der Waals surface area contributed by atoms with E-state index in [1.54, 1.807) is 12.3 Å². The molecule has 2 aromatic rings. The third kappa shape index (κ3) is 3.28. The van der Waals surface area contributed by atoms with Crippen LogP contribution in [0.5, 0.6) is 0 Å². The molecule has 4 heteroatoms. The minimum absolute atomic E-state index is 0.204. The summed E-state index contributed by atoms with van der Waals surface area (Å²) in [4.78, 5) is 6.60. The highest BCUT2D eigenvalue weighted by Crippen LogP contribution is 2.32. The minimum Gasteiger partial charge on any atom is -0.326 e. The van der Waals surface area contributed by atoms with Gasteiger partial charge < -0.3 is 5.73 Å². The first kappa shape index (κ1) is 14.2. The van der Waals surface area contributed by atoms with Gasteiger partial charge in [0.1, 0.15) is 5.82 Å². The Bertz CT molecular complexity index is 600. The molecule has 1 aromatic carbocycles. The third-order valence-electron chi connectivity index (χ3n) is 4.07. The number of hydrogen-bond acceptors (Lipinski definition) is 3. The summed E-state index contributed by atoms with van der Waals surface area (Å²) in [5.41, 5.74) is 8.71. The molecule has 1 saturated heterocycles. The van der Waals surface area contributed by atoms with E-state index in [-0.39, 0.29) is 5.82 Å². The summed E-state index contributed by atoms with van der Waals surface area (Å²) < 4.78 is 13.6. The zero-order valence-electron chi connectivity index (χ0n) is 12.0. The molecule has 1 fully saturated rings. The van der Waals surface area contributed by atoms with Crippen molar-refractivity contribution in [2.24, 2.45) is 5.73 Å². The van der Waals surface area contributed by atoms with E-state index in [0.717, 1.165) is 30.6 Å². The van der Waals surface area contributed by atoms with E-state index in [2.05, 4.69) is 16.0 Å². The van der Waals surface area contributed by atoms with Gasteiger partial charge in [0.25, 0.3) is 0 Å². The van der Waals surface area contributed by atoms with Gasteiger partial charge in [-0.3, -0.25) is 9.88 Å². The molecule has 0 spiro atoms. The maximum absolute atomic E-state index is 13.6. The maximum atomic E-state index is 13.6. The zero-order chi connectivity index (χ0) is 14.7. The van der Waals surface area contributed by atoms with Gasteiger partial charge >= 0.3 is 0 Å². The first-order chi connectivity index (χ1) is 10.3. The van der Waals surface area contributed by atoms with Crippen molar-refractivity contribution in [3.8, 4) is 0 Å². The SMILES string of the molecule is NCc1cc(F)cc(CN2CCCC2c2cccnc2)c1. The van der Waals surface area contributed by atoms with E-state index in [4.69, 9.17) is 5.73 Å². The number of nitrogens with zero attached hydrogens (tertiary/aromatic N) is 2. The predicted octanol–water partition coefficient (Wildman–Crippen LogP) is 3.02. The second kappa shape index (κ2) is 6.33. The summed E-state index contributed by atoms with van der Waals surface area (Å²) in [5, 5.41) is 0. The molecule has 3 nitrogen and oxygen atoms in total. The van der Waals surface area contributed by atoms with Crippen LogP contribution in [0.25, 0.3) is 0 Å². The standard InChI is InChI=1S/C17H20FN3/c18-16-8-13(10-19)7-14(9-16)12-21-6-2-4-17(21)15-3-1-5-20-11-15/h1,3,5,7-9,11,17H,2,4,6,10,12,19H2. The molecule has 0 saturated carbocycles. The first-order valence-electron chi connectivity index (χ1n) is 7.38. The number of benzene rings is 1. The smallest absolute Gasteiger partial charge is 0.123 e. The lowest BCUT2D eigenvalue weighted by molar-refractivity contribution is 0.248. The van der Waals surface area contributed by atoms with E-state index in [0.29, 0.717) is 12.6 Å². The van der Waals surface area contributed by atoms with Crippen LogP contribution in [0.15, 0.2) is 42.7 Å². The molecule has 1 atom stereocenters. The summed E-state index contributed by atoms with van der Waals surface area (Å²) in [7, 11) is 0. The van der Waals surface area contributed by atoms with Crippen molar-refractivity contribution in [1.82, 2.24) is 9.88 Å². The zero-order valence-corrected chi connectivity index (χ0v) is 12.0. The van der Waals surface area contributed by atoms with Crippen molar-refractivity contribution in [1.29, 1.82) is 0 Å². The normalized spacial score (nSPS) is 19.0. The maximum Gasteiger partial charge on any atom is 0.123 e. The van der Waals surface area contributed by atoms with Gasteiger partial charge in [-0.25, -0.2) is 4.39 Å². The van der Waals surface area contributed by atoms with Gasteiger partial charge in [-0.2, -0.15) is 0 Å². The average Bonchev–Trinajstić information content (AvgIpc) is 2.95. The summed E-state index contributed by atoms with van der Waals surface area (Å²) in [6.07, 6.45) is 6.02. The van der Waals surface area contributed by atoms with Gasteiger partial charge in [-0.15, -0.1) is 0 Å². The molecule has 2 N–H and O–H groups in total. The number of rotatable bonds is 4. The molecule has 1 aliphatic rings. The number of pyridine rings is 1. The first-order valence-corrected chi connectivity index (χ1v) is 7.38. The van der Waals surface area contributed by atoms with Crippen LogP contribution in [0, 0.1) is 5.82 Å². The molecule has 1 aromatic heterocycles. The van der Waals surface area contributed by atoms with Crippen molar-refractivity contribution < 1.29 is 4.39 Å². The van der Waals surface area contributed by atoms with Gasteiger partial charge in [0, 0.05) is 31.5 Å². The molecule has 0 aliphatic carbocycles. The Hall–Kier alpha value is -1.78. The summed E-state index contributed by atoms with van der Waals surface area (Å²) >= 11 is 0. The highest BCUT2D eigenvalue weighted by molar-refractivity contribution is 5.25. The van der Waals surface area contributed by atoms with Gasteiger partial charge in [0.05, 0.1) is 0 Å².